The second kappa shape index (κ2) is 8.13. The van der Waals surface area contributed by atoms with Crippen molar-refractivity contribution in [2.24, 2.45) is 5.92 Å². The van der Waals surface area contributed by atoms with Crippen LogP contribution in [0.1, 0.15) is 31.2 Å². The molecule has 1 heterocycles. The number of nitrogens with zero attached hydrogens (tertiary/aromatic N) is 1. The van der Waals surface area contributed by atoms with E-state index in [1.165, 1.54) is 17.7 Å². The van der Waals surface area contributed by atoms with Crippen molar-refractivity contribution in [3.8, 4) is 0 Å². The molecule has 21 heavy (non-hydrogen) atoms. The molecule has 0 spiro atoms. The van der Waals surface area contributed by atoms with E-state index in [4.69, 9.17) is 0 Å². The van der Waals surface area contributed by atoms with Crippen molar-refractivity contribution in [2.45, 2.75) is 32.1 Å². The average molecular weight is 292 g/mol. The van der Waals surface area contributed by atoms with Gasteiger partial charge in [-0.15, -0.1) is 0 Å². The fourth-order valence-electron chi connectivity index (χ4n) is 2.94. The minimum absolute atomic E-state index is 0.169. The third-order valence-electron chi connectivity index (χ3n) is 4.31. The van der Waals surface area contributed by atoms with Crippen molar-refractivity contribution in [2.75, 3.05) is 26.7 Å². The molecule has 3 nitrogen and oxygen atoms in total. The number of amides is 1. The summed E-state index contributed by atoms with van der Waals surface area (Å²) in [6.45, 7) is 3.14. The number of hydrogen-bond donors (Lipinski definition) is 1. The average Bonchev–Trinajstić information content (AvgIpc) is 2.53. The second-order valence-electron chi connectivity index (χ2n) is 5.81. The fourth-order valence-corrected chi connectivity index (χ4v) is 2.94. The number of hydrogen-bond acceptors (Lipinski definition) is 2. The fraction of sp³-hybridized carbons (Fsp3) is 0.588. The number of unbranched alkanes of at least 4 members (excludes halogenated alkanes) is 1. The lowest BCUT2D eigenvalue weighted by molar-refractivity contribution is -0.125. The summed E-state index contributed by atoms with van der Waals surface area (Å²) in [5, 5.41) is 2.74. The first-order chi connectivity index (χ1) is 10.2. The van der Waals surface area contributed by atoms with Crippen LogP contribution in [0.5, 0.6) is 0 Å². The summed E-state index contributed by atoms with van der Waals surface area (Å²) in [5.41, 5.74) is 1.20. The van der Waals surface area contributed by atoms with Gasteiger partial charge in [-0.05, 0) is 69.4 Å². The highest BCUT2D eigenvalue weighted by Gasteiger charge is 2.23. The molecule has 1 N–H and O–H groups in total. The highest BCUT2D eigenvalue weighted by molar-refractivity contribution is 5.78. The van der Waals surface area contributed by atoms with Crippen molar-refractivity contribution in [3.63, 3.8) is 0 Å². The van der Waals surface area contributed by atoms with Crippen molar-refractivity contribution in [3.05, 3.63) is 35.6 Å². The first-order valence-electron chi connectivity index (χ1n) is 7.87. The van der Waals surface area contributed by atoms with Gasteiger partial charge in [0.15, 0.2) is 0 Å². The van der Waals surface area contributed by atoms with Gasteiger partial charge in [-0.2, -0.15) is 0 Å². The van der Waals surface area contributed by atoms with Crippen LogP contribution in [0.25, 0.3) is 0 Å². The van der Waals surface area contributed by atoms with E-state index in [1.807, 2.05) is 12.1 Å². The SMILES string of the molecule is CNC(=O)C1CCN(CCCCc2ccc(F)cc2)CC1. The minimum atomic E-state index is -0.169. The summed E-state index contributed by atoms with van der Waals surface area (Å²) in [7, 11) is 1.71. The maximum absolute atomic E-state index is 12.8. The Morgan fingerprint density at radius 2 is 1.90 bits per heavy atom. The molecule has 0 saturated carbocycles. The van der Waals surface area contributed by atoms with Gasteiger partial charge in [0, 0.05) is 13.0 Å². The van der Waals surface area contributed by atoms with E-state index >= 15 is 0 Å². The van der Waals surface area contributed by atoms with Gasteiger partial charge >= 0.3 is 0 Å². The first kappa shape index (κ1) is 16.0. The number of benzene rings is 1. The highest BCUT2D eigenvalue weighted by Crippen LogP contribution is 2.17. The molecule has 1 amide bonds. The number of likely N-dealkylation sites (tertiary alicyclic amines) is 1. The molecule has 0 unspecified atom stereocenters. The number of nitrogens with one attached hydrogen (secondary N) is 1. The summed E-state index contributed by atoms with van der Waals surface area (Å²) >= 11 is 0. The molecular weight excluding hydrogens is 267 g/mol. The number of halogens is 1. The molecule has 1 saturated heterocycles. The molecule has 1 aliphatic heterocycles. The van der Waals surface area contributed by atoms with Gasteiger partial charge in [0.25, 0.3) is 0 Å². The van der Waals surface area contributed by atoms with E-state index in [-0.39, 0.29) is 17.6 Å². The number of carbonyl (C=O) groups excluding carboxylic acids is 1. The first-order valence-corrected chi connectivity index (χ1v) is 7.87. The Balaban J connectivity index is 1.60. The topological polar surface area (TPSA) is 32.3 Å². The van der Waals surface area contributed by atoms with Gasteiger partial charge < -0.3 is 10.2 Å². The number of piperidine rings is 1. The molecular formula is C17H25FN2O. The summed E-state index contributed by atoms with van der Waals surface area (Å²) in [6.07, 6.45) is 5.23. The standard InChI is InChI=1S/C17H25FN2O/c1-19-17(21)15-9-12-20(13-10-15)11-3-2-4-14-5-7-16(18)8-6-14/h5-8,15H,2-4,9-13H2,1H3,(H,19,21). The van der Waals surface area contributed by atoms with Gasteiger partial charge in [0.1, 0.15) is 5.82 Å². The lowest BCUT2D eigenvalue weighted by atomic mass is 9.96. The summed E-state index contributed by atoms with van der Waals surface area (Å²) < 4.78 is 12.8. The Kier molecular flexibility index (Phi) is 6.18. The van der Waals surface area contributed by atoms with Crippen LogP contribution in [0.15, 0.2) is 24.3 Å². The predicted molar refractivity (Wildman–Crippen MR) is 82.6 cm³/mol. The van der Waals surface area contributed by atoms with Crippen LogP contribution in [-0.4, -0.2) is 37.5 Å². The van der Waals surface area contributed by atoms with Crippen LogP contribution in [0.2, 0.25) is 0 Å². The van der Waals surface area contributed by atoms with Crippen LogP contribution in [0, 0.1) is 11.7 Å². The van der Waals surface area contributed by atoms with E-state index in [9.17, 15) is 9.18 Å². The molecule has 0 bridgehead atoms. The number of carbonyl (C=O) groups is 1. The van der Waals surface area contributed by atoms with E-state index in [0.29, 0.717) is 0 Å². The summed E-state index contributed by atoms with van der Waals surface area (Å²) in [5.74, 6) is 0.217. The predicted octanol–water partition coefficient (Wildman–Crippen LogP) is 2.61. The zero-order valence-corrected chi connectivity index (χ0v) is 12.8. The second-order valence-corrected chi connectivity index (χ2v) is 5.81. The monoisotopic (exact) mass is 292 g/mol. The molecule has 0 aromatic heterocycles. The largest absolute Gasteiger partial charge is 0.359 e. The third-order valence-corrected chi connectivity index (χ3v) is 4.31. The maximum Gasteiger partial charge on any atom is 0.222 e. The number of rotatable bonds is 6. The molecule has 0 aliphatic carbocycles. The molecule has 0 atom stereocenters. The van der Waals surface area contributed by atoms with Gasteiger partial charge in [0.05, 0.1) is 0 Å². The van der Waals surface area contributed by atoms with Crippen LogP contribution >= 0.6 is 0 Å². The lowest BCUT2D eigenvalue weighted by Gasteiger charge is -2.30. The third kappa shape index (κ3) is 5.12. The smallest absolute Gasteiger partial charge is 0.222 e. The Hall–Kier alpha value is -1.42. The van der Waals surface area contributed by atoms with E-state index in [1.54, 1.807) is 7.05 Å². The van der Waals surface area contributed by atoms with E-state index < -0.39 is 0 Å². The molecule has 1 aliphatic rings. The molecule has 1 aromatic rings. The Morgan fingerprint density at radius 3 is 2.52 bits per heavy atom. The van der Waals surface area contributed by atoms with Gasteiger partial charge in [-0.1, -0.05) is 12.1 Å². The van der Waals surface area contributed by atoms with Crippen molar-refractivity contribution >= 4 is 5.91 Å². The quantitative estimate of drug-likeness (QED) is 0.817. The van der Waals surface area contributed by atoms with Crippen LogP contribution in [-0.2, 0) is 11.2 Å². The zero-order valence-electron chi connectivity index (χ0n) is 12.8. The molecule has 4 heteroatoms. The van der Waals surface area contributed by atoms with Gasteiger partial charge in [-0.25, -0.2) is 4.39 Å². The maximum atomic E-state index is 12.8. The lowest BCUT2D eigenvalue weighted by Crippen LogP contribution is -2.39. The molecule has 0 radical (unpaired) electrons. The van der Waals surface area contributed by atoms with Crippen molar-refractivity contribution in [1.29, 1.82) is 0 Å². The Bertz CT molecular complexity index is 439. The number of aryl methyl sites for hydroxylation is 1. The van der Waals surface area contributed by atoms with Crippen molar-refractivity contribution < 1.29 is 9.18 Å². The van der Waals surface area contributed by atoms with Gasteiger partial charge in [0.2, 0.25) is 5.91 Å². The van der Waals surface area contributed by atoms with Crippen LogP contribution in [0.3, 0.4) is 0 Å². The summed E-state index contributed by atoms with van der Waals surface area (Å²) in [6, 6.07) is 6.78. The van der Waals surface area contributed by atoms with Crippen LogP contribution in [0.4, 0.5) is 4.39 Å². The molecule has 2 rings (SSSR count). The van der Waals surface area contributed by atoms with E-state index in [0.717, 1.165) is 51.7 Å². The molecule has 1 fully saturated rings. The zero-order chi connectivity index (χ0) is 15.1. The highest BCUT2D eigenvalue weighted by atomic mass is 19.1. The normalized spacial score (nSPS) is 16.9. The van der Waals surface area contributed by atoms with Crippen LogP contribution < -0.4 is 5.32 Å². The Morgan fingerprint density at radius 1 is 1.24 bits per heavy atom. The van der Waals surface area contributed by atoms with Gasteiger partial charge in [-0.3, -0.25) is 4.79 Å². The Labute approximate surface area is 126 Å². The molecule has 1 aromatic carbocycles. The minimum Gasteiger partial charge on any atom is -0.359 e. The molecule has 116 valence electrons. The summed E-state index contributed by atoms with van der Waals surface area (Å²) in [4.78, 5) is 14.0. The van der Waals surface area contributed by atoms with Crippen molar-refractivity contribution in [1.82, 2.24) is 10.2 Å². The van der Waals surface area contributed by atoms with E-state index in [2.05, 4.69) is 10.2 Å².